The summed E-state index contributed by atoms with van der Waals surface area (Å²) in [6.45, 7) is 4.29. The molecular formula is C15H19F3O2. The molecule has 2 atom stereocenters. The Hall–Kier alpha value is -1.07. The molecule has 0 bridgehead atoms. The molecule has 0 amide bonds. The summed E-state index contributed by atoms with van der Waals surface area (Å²) >= 11 is 0. The minimum Gasteiger partial charge on any atom is -0.385 e. The Balaban J connectivity index is 2.26. The monoisotopic (exact) mass is 288 g/mol. The molecule has 1 aromatic rings. The Morgan fingerprint density at radius 1 is 1.25 bits per heavy atom. The van der Waals surface area contributed by atoms with E-state index in [1.807, 2.05) is 13.8 Å². The van der Waals surface area contributed by atoms with Crippen LogP contribution in [0.1, 0.15) is 44.2 Å². The van der Waals surface area contributed by atoms with Crippen molar-refractivity contribution in [3.05, 3.63) is 35.4 Å². The van der Waals surface area contributed by atoms with Gasteiger partial charge >= 0.3 is 6.18 Å². The molecule has 2 nitrogen and oxygen atoms in total. The zero-order valence-corrected chi connectivity index (χ0v) is 11.6. The van der Waals surface area contributed by atoms with Gasteiger partial charge in [-0.1, -0.05) is 19.1 Å². The lowest BCUT2D eigenvalue weighted by Crippen LogP contribution is -2.45. The fourth-order valence-corrected chi connectivity index (χ4v) is 2.67. The summed E-state index contributed by atoms with van der Waals surface area (Å²) in [6.07, 6.45) is -2.82. The molecule has 0 aliphatic carbocycles. The van der Waals surface area contributed by atoms with Crippen LogP contribution in [-0.2, 0) is 16.5 Å². The Kier molecular flexibility index (Phi) is 3.86. The van der Waals surface area contributed by atoms with E-state index in [4.69, 9.17) is 4.74 Å². The molecule has 112 valence electrons. The van der Waals surface area contributed by atoms with E-state index in [0.29, 0.717) is 25.0 Å². The van der Waals surface area contributed by atoms with Crippen LogP contribution in [0.4, 0.5) is 13.2 Å². The van der Waals surface area contributed by atoms with Crippen LogP contribution in [-0.4, -0.2) is 17.3 Å². The van der Waals surface area contributed by atoms with Gasteiger partial charge in [0.2, 0.25) is 0 Å². The number of ether oxygens (including phenoxy) is 1. The molecule has 2 unspecified atom stereocenters. The Morgan fingerprint density at radius 2 is 1.85 bits per heavy atom. The average molecular weight is 288 g/mol. The van der Waals surface area contributed by atoms with Crippen molar-refractivity contribution < 1.29 is 23.0 Å². The third kappa shape index (κ3) is 2.99. The highest BCUT2D eigenvalue weighted by molar-refractivity contribution is 5.29. The van der Waals surface area contributed by atoms with Crippen molar-refractivity contribution in [2.45, 2.75) is 50.5 Å². The van der Waals surface area contributed by atoms with E-state index in [2.05, 4.69) is 0 Å². The van der Waals surface area contributed by atoms with Gasteiger partial charge < -0.3 is 9.84 Å². The average Bonchev–Trinajstić information content (AvgIpc) is 2.38. The van der Waals surface area contributed by atoms with Crippen molar-refractivity contribution in [1.29, 1.82) is 0 Å². The quantitative estimate of drug-likeness (QED) is 0.895. The van der Waals surface area contributed by atoms with Crippen LogP contribution >= 0.6 is 0 Å². The number of benzene rings is 1. The molecule has 1 N–H and O–H groups in total. The van der Waals surface area contributed by atoms with Gasteiger partial charge in [0.1, 0.15) is 0 Å². The van der Waals surface area contributed by atoms with E-state index in [9.17, 15) is 18.3 Å². The summed E-state index contributed by atoms with van der Waals surface area (Å²) < 4.78 is 43.3. The highest BCUT2D eigenvalue weighted by Gasteiger charge is 2.42. The molecule has 1 aliphatic heterocycles. The first-order valence-corrected chi connectivity index (χ1v) is 6.73. The van der Waals surface area contributed by atoms with Crippen LogP contribution in [0.15, 0.2) is 24.3 Å². The molecule has 2 rings (SSSR count). The van der Waals surface area contributed by atoms with Gasteiger partial charge in [0.05, 0.1) is 23.4 Å². The van der Waals surface area contributed by atoms with Gasteiger partial charge in [-0.05, 0) is 31.0 Å². The van der Waals surface area contributed by atoms with Crippen molar-refractivity contribution >= 4 is 0 Å². The minimum atomic E-state index is -4.35. The van der Waals surface area contributed by atoms with Gasteiger partial charge in [-0.25, -0.2) is 0 Å². The number of alkyl halides is 3. The molecule has 0 saturated carbocycles. The molecule has 1 saturated heterocycles. The number of aliphatic hydroxyl groups is 1. The van der Waals surface area contributed by atoms with Crippen molar-refractivity contribution in [2.75, 3.05) is 6.61 Å². The van der Waals surface area contributed by atoms with Crippen LogP contribution in [0.25, 0.3) is 0 Å². The second-order valence-electron chi connectivity index (χ2n) is 5.69. The fourth-order valence-electron chi connectivity index (χ4n) is 2.67. The van der Waals surface area contributed by atoms with Gasteiger partial charge in [-0.15, -0.1) is 0 Å². The van der Waals surface area contributed by atoms with E-state index in [-0.39, 0.29) is 0 Å². The number of hydrogen-bond acceptors (Lipinski definition) is 2. The lowest BCUT2D eigenvalue weighted by atomic mass is 9.77. The first-order valence-electron chi connectivity index (χ1n) is 6.73. The van der Waals surface area contributed by atoms with E-state index in [1.165, 1.54) is 12.1 Å². The van der Waals surface area contributed by atoms with E-state index >= 15 is 0 Å². The van der Waals surface area contributed by atoms with Crippen LogP contribution in [0.5, 0.6) is 0 Å². The van der Waals surface area contributed by atoms with Gasteiger partial charge in [0, 0.05) is 12.8 Å². The normalized spacial score (nSPS) is 31.3. The van der Waals surface area contributed by atoms with Crippen molar-refractivity contribution in [1.82, 2.24) is 0 Å². The van der Waals surface area contributed by atoms with Crippen LogP contribution in [0.3, 0.4) is 0 Å². The highest BCUT2D eigenvalue weighted by Crippen LogP contribution is 2.41. The lowest BCUT2D eigenvalue weighted by Gasteiger charge is -2.43. The molecule has 0 aromatic heterocycles. The Bertz CT molecular complexity index is 469. The molecule has 0 spiro atoms. The third-order valence-electron chi connectivity index (χ3n) is 4.13. The Labute approximate surface area is 116 Å². The van der Waals surface area contributed by atoms with E-state index in [0.717, 1.165) is 18.6 Å². The predicted octanol–water partition coefficient (Wildman–Crippen LogP) is 3.87. The zero-order valence-electron chi connectivity index (χ0n) is 11.6. The summed E-state index contributed by atoms with van der Waals surface area (Å²) in [5.41, 5.74) is -1.73. The summed E-state index contributed by atoms with van der Waals surface area (Å²) in [6, 6.07) is 4.77. The van der Waals surface area contributed by atoms with E-state index in [1.54, 1.807) is 0 Å². The van der Waals surface area contributed by atoms with Gasteiger partial charge in [-0.3, -0.25) is 0 Å². The maximum atomic E-state index is 12.6. The molecule has 20 heavy (non-hydrogen) atoms. The smallest absolute Gasteiger partial charge is 0.385 e. The van der Waals surface area contributed by atoms with Gasteiger partial charge in [0.15, 0.2) is 0 Å². The summed E-state index contributed by atoms with van der Waals surface area (Å²) in [7, 11) is 0. The third-order valence-corrected chi connectivity index (χ3v) is 4.13. The van der Waals surface area contributed by atoms with Crippen molar-refractivity contribution in [3.63, 3.8) is 0 Å². The van der Waals surface area contributed by atoms with Crippen LogP contribution < -0.4 is 0 Å². The SMILES string of the molecule is CCC1(C)CC(O)(c2ccc(C(F)(F)F)cc2)CCO1. The standard InChI is InChI=1S/C15H19F3O2/c1-3-13(2)10-14(19,8-9-20-13)11-4-6-12(7-5-11)15(16,17)18/h4-7,19H,3,8-10H2,1-2H3. The van der Waals surface area contributed by atoms with Gasteiger partial charge in [-0.2, -0.15) is 13.2 Å². The molecule has 1 aromatic carbocycles. The molecule has 0 radical (unpaired) electrons. The maximum absolute atomic E-state index is 12.6. The Morgan fingerprint density at radius 3 is 2.35 bits per heavy atom. The summed E-state index contributed by atoms with van der Waals surface area (Å²) in [5, 5.41) is 10.7. The molecular weight excluding hydrogens is 269 g/mol. The van der Waals surface area contributed by atoms with Crippen molar-refractivity contribution in [3.8, 4) is 0 Å². The molecule has 5 heteroatoms. The maximum Gasteiger partial charge on any atom is 0.416 e. The molecule has 1 fully saturated rings. The number of hydrogen-bond donors (Lipinski definition) is 1. The fraction of sp³-hybridized carbons (Fsp3) is 0.600. The largest absolute Gasteiger partial charge is 0.416 e. The summed E-state index contributed by atoms with van der Waals surface area (Å²) in [4.78, 5) is 0. The number of rotatable bonds is 2. The van der Waals surface area contributed by atoms with E-state index < -0.39 is 22.9 Å². The predicted molar refractivity (Wildman–Crippen MR) is 69.2 cm³/mol. The number of halogens is 3. The first kappa shape index (κ1) is 15.3. The molecule has 1 aliphatic rings. The van der Waals surface area contributed by atoms with Gasteiger partial charge in [0.25, 0.3) is 0 Å². The highest BCUT2D eigenvalue weighted by atomic mass is 19.4. The summed E-state index contributed by atoms with van der Waals surface area (Å²) in [5.74, 6) is 0. The first-order chi connectivity index (χ1) is 9.19. The second kappa shape index (κ2) is 5.04. The van der Waals surface area contributed by atoms with Crippen LogP contribution in [0.2, 0.25) is 0 Å². The minimum absolute atomic E-state index is 0.391. The topological polar surface area (TPSA) is 29.5 Å². The van der Waals surface area contributed by atoms with Crippen molar-refractivity contribution in [2.24, 2.45) is 0 Å². The molecule has 1 heterocycles. The second-order valence-corrected chi connectivity index (χ2v) is 5.69. The lowest BCUT2D eigenvalue weighted by molar-refractivity contribution is -0.157. The van der Waals surface area contributed by atoms with Crippen LogP contribution in [0, 0.1) is 0 Å². The zero-order chi connectivity index (χ0) is 15.0.